The van der Waals surface area contributed by atoms with Gasteiger partial charge in [0, 0.05) is 18.1 Å². The van der Waals surface area contributed by atoms with E-state index < -0.39 is 42.0 Å². The van der Waals surface area contributed by atoms with Crippen molar-refractivity contribution in [2.75, 3.05) is 0 Å². The zero-order valence-electron chi connectivity index (χ0n) is 11.5. The Kier molecular flexibility index (Phi) is 5.48. The molecule has 0 spiro atoms. The summed E-state index contributed by atoms with van der Waals surface area (Å²) in [5.41, 5.74) is -0.640. The molecule has 1 aromatic rings. The standard InChI is InChI=1S/C14H14F4O3/c1-8(2)12(19)21-14(3,13(17)18)20-7-9-10(15)5-4-6-11(9)16/h4-6,13H,1,7H2,2-3H3. The van der Waals surface area contributed by atoms with Crippen molar-refractivity contribution >= 4 is 5.97 Å². The van der Waals surface area contributed by atoms with E-state index in [2.05, 4.69) is 11.3 Å². The zero-order valence-corrected chi connectivity index (χ0v) is 11.5. The van der Waals surface area contributed by atoms with Gasteiger partial charge in [-0.25, -0.2) is 22.4 Å². The predicted octanol–water partition coefficient (Wildman–Crippen LogP) is 3.58. The van der Waals surface area contributed by atoms with Crippen molar-refractivity contribution in [1.29, 1.82) is 0 Å². The summed E-state index contributed by atoms with van der Waals surface area (Å²) >= 11 is 0. The topological polar surface area (TPSA) is 35.5 Å². The summed E-state index contributed by atoms with van der Waals surface area (Å²) in [7, 11) is 0. The molecule has 1 rings (SSSR count). The second-order valence-corrected chi connectivity index (χ2v) is 4.48. The highest BCUT2D eigenvalue weighted by Gasteiger charge is 2.41. The van der Waals surface area contributed by atoms with Gasteiger partial charge in [-0.2, -0.15) is 0 Å². The highest BCUT2D eigenvalue weighted by molar-refractivity contribution is 5.87. The van der Waals surface area contributed by atoms with E-state index in [4.69, 9.17) is 4.74 Å². The first kappa shape index (κ1) is 17.2. The number of hydrogen-bond donors (Lipinski definition) is 0. The van der Waals surface area contributed by atoms with E-state index in [0.29, 0.717) is 0 Å². The number of ether oxygens (including phenoxy) is 2. The van der Waals surface area contributed by atoms with Crippen molar-refractivity contribution in [3.63, 3.8) is 0 Å². The number of carbonyl (C=O) groups excluding carboxylic acids is 1. The first-order chi connectivity index (χ1) is 9.67. The maximum Gasteiger partial charge on any atom is 0.335 e. The van der Waals surface area contributed by atoms with E-state index in [1.807, 2.05) is 0 Å². The van der Waals surface area contributed by atoms with Gasteiger partial charge in [0.2, 0.25) is 0 Å². The van der Waals surface area contributed by atoms with Crippen LogP contribution >= 0.6 is 0 Å². The number of rotatable bonds is 6. The summed E-state index contributed by atoms with van der Waals surface area (Å²) in [6.45, 7) is 4.50. The fourth-order valence-corrected chi connectivity index (χ4v) is 1.29. The van der Waals surface area contributed by atoms with Gasteiger partial charge in [-0.3, -0.25) is 0 Å². The molecule has 0 aliphatic carbocycles. The second-order valence-electron chi connectivity index (χ2n) is 4.48. The van der Waals surface area contributed by atoms with Gasteiger partial charge in [0.05, 0.1) is 6.61 Å². The van der Waals surface area contributed by atoms with Gasteiger partial charge in [-0.15, -0.1) is 0 Å². The largest absolute Gasteiger partial charge is 0.424 e. The second kappa shape index (κ2) is 6.71. The Morgan fingerprint density at radius 2 is 1.86 bits per heavy atom. The summed E-state index contributed by atoms with van der Waals surface area (Å²) in [4.78, 5) is 11.3. The molecule has 0 heterocycles. The van der Waals surface area contributed by atoms with Crippen LogP contribution in [0.5, 0.6) is 0 Å². The minimum atomic E-state index is -3.21. The van der Waals surface area contributed by atoms with E-state index in [1.165, 1.54) is 6.92 Å². The molecule has 1 aromatic carbocycles. The highest BCUT2D eigenvalue weighted by atomic mass is 19.3. The van der Waals surface area contributed by atoms with Crippen LogP contribution in [0.15, 0.2) is 30.4 Å². The minimum absolute atomic E-state index is 0.109. The average Bonchev–Trinajstić information content (AvgIpc) is 2.37. The first-order valence-corrected chi connectivity index (χ1v) is 5.91. The van der Waals surface area contributed by atoms with Crippen molar-refractivity contribution in [3.05, 3.63) is 47.5 Å². The molecular weight excluding hydrogens is 292 g/mol. The van der Waals surface area contributed by atoms with Crippen LogP contribution in [0, 0.1) is 11.6 Å². The number of alkyl halides is 2. The SMILES string of the molecule is C=C(C)C(=O)OC(C)(OCc1c(F)cccc1F)C(F)F. The average molecular weight is 306 g/mol. The molecule has 1 atom stereocenters. The molecule has 0 N–H and O–H groups in total. The molecule has 0 fully saturated rings. The molecule has 0 aromatic heterocycles. The van der Waals surface area contributed by atoms with E-state index in [9.17, 15) is 22.4 Å². The van der Waals surface area contributed by atoms with Crippen molar-refractivity contribution in [2.45, 2.75) is 32.7 Å². The lowest BCUT2D eigenvalue weighted by molar-refractivity contribution is -0.274. The third kappa shape index (κ3) is 4.29. The molecule has 21 heavy (non-hydrogen) atoms. The van der Waals surface area contributed by atoms with Crippen LogP contribution in [-0.4, -0.2) is 18.2 Å². The van der Waals surface area contributed by atoms with Gasteiger partial charge < -0.3 is 9.47 Å². The smallest absolute Gasteiger partial charge is 0.335 e. The van der Waals surface area contributed by atoms with E-state index in [0.717, 1.165) is 25.1 Å². The minimum Gasteiger partial charge on any atom is -0.424 e. The van der Waals surface area contributed by atoms with Crippen molar-refractivity contribution in [3.8, 4) is 0 Å². The van der Waals surface area contributed by atoms with Gasteiger partial charge in [0.15, 0.2) is 0 Å². The molecule has 0 saturated carbocycles. The highest BCUT2D eigenvalue weighted by Crippen LogP contribution is 2.26. The molecule has 3 nitrogen and oxygen atoms in total. The monoisotopic (exact) mass is 306 g/mol. The molecule has 116 valence electrons. The van der Waals surface area contributed by atoms with Gasteiger partial charge >= 0.3 is 12.4 Å². The van der Waals surface area contributed by atoms with Crippen LogP contribution in [0.4, 0.5) is 17.6 Å². The Morgan fingerprint density at radius 1 is 1.33 bits per heavy atom. The Labute approximate surface area is 119 Å². The molecule has 0 saturated heterocycles. The predicted molar refractivity (Wildman–Crippen MR) is 66.5 cm³/mol. The lowest BCUT2D eigenvalue weighted by atomic mass is 10.2. The summed E-state index contributed by atoms with van der Waals surface area (Å²) < 4.78 is 62.0. The van der Waals surface area contributed by atoms with Gasteiger partial charge in [0.1, 0.15) is 11.6 Å². The van der Waals surface area contributed by atoms with Crippen LogP contribution in [-0.2, 0) is 20.9 Å². The van der Waals surface area contributed by atoms with Gasteiger partial charge in [0.25, 0.3) is 5.79 Å². The van der Waals surface area contributed by atoms with Crippen molar-refractivity contribution in [1.82, 2.24) is 0 Å². The number of carbonyl (C=O) groups is 1. The molecule has 1 unspecified atom stereocenters. The lowest BCUT2D eigenvalue weighted by Crippen LogP contribution is -2.42. The normalized spacial score (nSPS) is 13.9. The molecule has 7 heteroatoms. The number of halogens is 4. The Morgan fingerprint density at radius 3 is 2.29 bits per heavy atom. The van der Waals surface area contributed by atoms with E-state index in [1.54, 1.807) is 0 Å². The van der Waals surface area contributed by atoms with Crippen LogP contribution in [0.1, 0.15) is 19.4 Å². The van der Waals surface area contributed by atoms with Gasteiger partial charge in [-0.1, -0.05) is 12.6 Å². The van der Waals surface area contributed by atoms with Crippen molar-refractivity contribution in [2.24, 2.45) is 0 Å². The summed E-state index contributed by atoms with van der Waals surface area (Å²) in [6.07, 6.45) is -3.21. The van der Waals surface area contributed by atoms with Crippen LogP contribution in [0.25, 0.3) is 0 Å². The van der Waals surface area contributed by atoms with Crippen LogP contribution < -0.4 is 0 Å². The van der Waals surface area contributed by atoms with E-state index in [-0.39, 0.29) is 5.57 Å². The molecule has 0 aliphatic rings. The van der Waals surface area contributed by atoms with E-state index >= 15 is 0 Å². The zero-order chi connectivity index (χ0) is 16.2. The quantitative estimate of drug-likeness (QED) is 0.349. The van der Waals surface area contributed by atoms with Crippen molar-refractivity contribution < 1.29 is 31.8 Å². The fraction of sp³-hybridized carbons (Fsp3) is 0.357. The number of esters is 1. The Hall–Kier alpha value is -1.89. The summed E-state index contributed by atoms with van der Waals surface area (Å²) in [6, 6.07) is 3.05. The maximum atomic E-state index is 13.4. The molecule has 0 amide bonds. The summed E-state index contributed by atoms with van der Waals surface area (Å²) in [5.74, 6) is -5.62. The lowest BCUT2D eigenvalue weighted by Gasteiger charge is -2.28. The molecule has 0 aliphatic heterocycles. The Bertz CT molecular complexity index is 525. The number of hydrogen-bond acceptors (Lipinski definition) is 3. The molecule has 0 radical (unpaired) electrons. The third-order valence-corrected chi connectivity index (χ3v) is 2.60. The van der Waals surface area contributed by atoms with Crippen LogP contribution in [0.3, 0.4) is 0 Å². The third-order valence-electron chi connectivity index (χ3n) is 2.60. The van der Waals surface area contributed by atoms with Crippen LogP contribution in [0.2, 0.25) is 0 Å². The fourth-order valence-electron chi connectivity index (χ4n) is 1.29. The summed E-state index contributed by atoms with van der Waals surface area (Å²) in [5, 5.41) is 0. The first-order valence-electron chi connectivity index (χ1n) is 5.91. The number of benzene rings is 1. The maximum absolute atomic E-state index is 13.4. The Balaban J connectivity index is 2.89. The molecular formula is C14H14F4O3. The molecule has 0 bridgehead atoms. The van der Waals surface area contributed by atoms with Gasteiger partial charge in [-0.05, 0) is 19.1 Å².